The van der Waals surface area contributed by atoms with Crippen LogP contribution in [0.15, 0.2) is 52.3 Å². The smallest absolute Gasteiger partial charge is 0.231 e. The number of hydrogen-bond acceptors (Lipinski definition) is 5. The lowest BCUT2D eigenvalue weighted by Crippen LogP contribution is -2.03. The number of ether oxygens (including phenoxy) is 2. The summed E-state index contributed by atoms with van der Waals surface area (Å²) in [6.45, 7) is 1.52. The van der Waals surface area contributed by atoms with E-state index in [1.807, 2.05) is 0 Å². The highest BCUT2D eigenvalue weighted by Gasteiger charge is 2.22. The second-order valence-corrected chi connectivity index (χ2v) is 6.55. The van der Waals surface area contributed by atoms with Crippen molar-refractivity contribution in [3.63, 3.8) is 0 Å². The molecule has 1 aliphatic rings. The van der Waals surface area contributed by atoms with Crippen molar-refractivity contribution >= 4 is 15.6 Å². The van der Waals surface area contributed by atoms with E-state index >= 15 is 0 Å². The molecule has 2 aromatic carbocycles. The lowest BCUT2D eigenvalue weighted by molar-refractivity contribution is 0.101. The molecule has 1 aliphatic heterocycles. The van der Waals surface area contributed by atoms with Crippen molar-refractivity contribution < 1.29 is 22.7 Å². The minimum Gasteiger partial charge on any atom is -0.454 e. The Balaban J connectivity index is 2.02. The zero-order valence-electron chi connectivity index (χ0n) is 11.2. The lowest BCUT2D eigenvalue weighted by Gasteiger charge is -2.06. The van der Waals surface area contributed by atoms with Crippen molar-refractivity contribution in [3.8, 4) is 11.5 Å². The van der Waals surface area contributed by atoms with Crippen molar-refractivity contribution in [2.24, 2.45) is 0 Å². The van der Waals surface area contributed by atoms with Crippen LogP contribution in [0.1, 0.15) is 17.3 Å². The van der Waals surface area contributed by atoms with Gasteiger partial charge in [0.1, 0.15) is 0 Å². The molecule has 0 fully saturated rings. The number of benzene rings is 2. The molecule has 2 aromatic rings. The van der Waals surface area contributed by atoms with Crippen LogP contribution >= 0.6 is 0 Å². The molecule has 0 aromatic heterocycles. The SMILES string of the molecule is CC(=O)c1ccc(S(=O)(=O)c2ccc3c(c2)OCO3)cc1. The highest BCUT2D eigenvalue weighted by Crippen LogP contribution is 2.35. The van der Waals surface area contributed by atoms with Crippen LogP contribution in [0.5, 0.6) is 11.5 Å². The first-order valence-corrected chi connectivity index (χ1v) is 7.72. The van der Waals surface area contributed by atoms with Crippen molar-refractivity contribution in [1.82, 2.24) is 0 Å². The molecule has 3 rings (SSSR count). The summed E-state index contributed by atoms with van der Waals surface area (Å²) >= 11 is 0. The quantitative estimate of drug-likeness (QED) is 0.815. The summed E-state index contributed by atoms with van der Waals surface area (Å²) in [5.41, 5.74) is 0.472. The maximum atomic E-state index is 12.5. The van der Waals surface area contributed by atoms with Crippen LogP contribution in [0.3, 0.4) is 0 Å². The van der Waals surface area contributed by atoms with E-state index in [-0.39, 0.29) is 22.4 Å². The number of Topliss-reactive ketones (excluding diaryl/α,β-unsaturated/α-hetero) is 1. The van der Waals surface area contributed by atoms with Gasteiger partial charge in [0, 0.05) is 11.6 Å². The van der Waals surface area contributed by atoms with Gasteiger partial charge in [0.25, 0.3) is 0 Å². The number of sulfone groups is 1. The van der Waals surface area contributed by atoms with Gasteiger partial charge in [-0.1, -0.05) is 12.1 Å². The summed E-state index contributed by atoms with van der Waals surface area (Å²) in [5.74, 6) is 0.833. The number of fused-ring (bicyclic) bond motifs is 1. The molecule has 0 saturated heterocycles. The molecular formula is C15H12O5S. The van der Waals surface area contributed by atoms with Crippen LogP contribution in [-0.4, -0.2) is 21.0 Å². The normalized spacial score (nSPS) is 13.2. The van der Waals surface area contributed by atoms with Gasteiger partial charge in [-0.3, -0.25) is 4.79 Å². The van der Waals surface area contributed by atoms with Gasteiger partial charge < -0.3 is 9.47 Å². The van der Waals surface area contributed by atoms with Gasteiger partial charge in [-0.15, -0.1) is 0 Å². The van der Waals surface area contributed by atoms with E-state index in [1.54, 1.807) is 6.07 Å². The molecule has 0 saturated carbocycles. The van der Waals surface area contributed by atoms with Crippen LogP contribution in [0, 0.1) is 0 Å². The molecule has 0 atom stereocenters. The summed E-state index contributed by atoms with van der Waals surface area (Å²) in [7, 11) is -3.65. The van der Waals surface area contributed by atoms with Crippen molar-refractivity contribution in [2.45, 2.75) is 16.7 Å². The van der Waals surface area contributed by atoms with E-state index < -0.39 is 9.84 Å². The number of hydrogen-bond donors (Lipinski definition) is 0. The van der Waals surface area contributed by atoms with Crippen molar-refractivity contribution in [2.75, 3.05) is 6.79 Å². The fourth-order valence-corrected chi connectivity index (χ4v) is 3.32. The van der Waals surface area contributed by atoms with Crippen molar-refractivity contribution in [3.05, 3.63) is 48.0 Å². The van der Waals surface area contributed by atoms with Gasteiger partial charge in [0.15, 0.2) is 17.3 Å². The van der Waals surface area contributed by atoms with E-state index in [0.29, 0.717) is 17.1 Å². The molecule has 1 heterocycles. The average molecular weight is 304 g/mol. The van der Waals surface area contributed by atoms with Crippen molar-refractivity contribution in [1.29, 1.82) is 0 Å². The molecule has 21 heavy (non-hydrogen) atoms. The Labute approximate surface area is 122 Å². The third kappa shape index (κ3) is 2.38. The summed E-state index contributed by atoms with van der Waals surface area (Å²) in [4.78, 5) is 11.5. The van der Waals surface area contributed by atoms with E-state index in [0.717, 1.165) is 0 Å². The highest BCUT2D eigenvalue weighted by molar-refractivity contribution is 7.91. The Morgan fingerprint density at radius 1 is 0.952 bits per heavy atom. The third-order valence-electron chi connectivity index (χ3n) is 3.23. The molecule has 0 amide bonds. The molecular weight excluding hydrogens is 292 g/mol. The first kappa shape index (κ1) is 13.6. The second-order valence-electron chi connectivity index (χ2n) is 4.60. The zero-order chi connectivity index (χ0) is 15.0. The Morgan fingerprint density at radius 3 is 2.24 bits per heavy atom. The minimum absolute atomic E-state index is 0.0894. The Hall–Kier alpha value is -2.34. The van der Waals surface area contributed by atoms with Crippen LogP contribution in [-0.2, 0) is 9.84 Å². The Kier molecular flexibility index (Phi) is 3.17. The standard InChI is InChI=1S/C15H12O5S/c1-10(16)11-2-4-12(5-3-11)21(17,18)13-6-7-14-15(8-13)20-9-19-14/h2-8H,9H2,1H3. The molecule has 0 aliphatic carbocycles. The Bertz CT molecular complexity index is 806. The summed E-state index contributed by atoms with van der Waals surface area (Å²) < 4.78 is 35.4. The minimum atomic E-state index is -3.65. The fraction of sp³-hybridized carbons (Fsp3) is 0.133. The molecule has 0 bridgehead atoms. The summed E-state index contributed by atoms with van der Waals surface area (Å²) in [6.07, 6.45) is 0. The number of carbonyl (C=O) groups excluding carboxylic acids is 1. The number of rotatable bonds is 3. The molecule has 0 unspecified atom stereocenters. The third-order valence-corrected chi connectivity index (χ3v) is 4.99. The first-order valence-electron chi connectivity index (χ1n) is 6.24. The fourth-order valence-electron chi connectivity index (χ4n) is 2.05. The van der Waals surface area contributed by atoms with Crippen LogP contribution in [0.25, 0.3) is 0 Å². The Morgan fingerprint density at radius 2 is 1.57 bits per heavy atom. The van der Waals surface area contributed by atoms with E-state index in [9.17, 15) is 13.2 Å². The van der Waals surface area contributed by atoms with Crippen LogP contribution < -0.4 is 9.47 Å². The van der Waals surface area contributed by atoms with Gasteiger partial charge in [0.2, 0.25) is 16.6 Å². The largest absolute Gasteiger partial charge is 0.454 e. The summed E-state index contributed by atoms with van der Waals surface area (Å²) in [5, 5.41) is 0. The molecule has 5 nitrogen and oxygen atoms in total. The molecule has 6 heteroatoms. The summed E-state index contributed by atoms with van der Waals surface area (Å²) in [6, 6.07) is 10.3. The van der Waals surface area contributed by atoms with Crippen LogP contribution in [0.4, 0.5) is 0 Å². The van der Waals surface area contributed by atoms with E-state index in [4.69, 9.17) is 9.47 Å². The van der Waals surface area contributed by atoms with Gasteiger partial charge in [-0.25, -0.2) is 8.42 Å². The lowest BCUT2D eigenvalue weighted by atomic mass is 10.2. The number of carbonyl (C=O) groups is 1. The van der Waals surface area contributed by atoms with Gasteiger partial charge in [0.05, 0.1) is 9.79 Å². The molecule has 0 spiro atoms. The predicted octanol–water partition coefficient (Wildman–Crippen LogP) is 2.45. The average Bonchev–Trinajstić information content (AvgIpc) is 2.94. The highest BCUT2D eigenvalue weighted by atomic mass is 32.2. The predicted molar refractivity (Wildman–Crippen MR) is 74.5 cm³/mol. The maximum Gasteiger partial charge on any atom is 0.231 e. The molecule has 108 valence electrons. The van der Waals surface area contributed by atoms with E-state index in [2.05, 4.69) is 0 Å². The first-order chi connectivity index (χ1) is 9.98. The number of ketones is 1. The topological polar surface area (TPSA) is 69.7 Å². The van der Waals surface area contributed by atoms with E-state index in [1.165, 1.54) is 43.3 Å². The second kappa shape index (κ2) is 4.89. The molecule has 0 radical (unpaired) electrons. The van der Waals surface area contributed by atoms with Gasteiger partial charge in [-0.2, -0.15) is 0 Å². The molecule has 0 N–H and O–H groups in total. The zero-order valence-corrected chi connectivity index (χ0v) is 12.0. The maximum absolute atomic E-state index is 12.5. The van der Waals surface area contributed by atoms with Gasteiger partial charge in [-0.05, 0) is 31.2 Å². The monoisotopic (exact) mass is 304 g/mol. The van der Waals surface area contributed by atoms with Gasteiger partial charge >= 0.3 is 0 Å². The van der Waals surface area contributed by atoms with Crippen LogP contribution in [0.2, 0.25) is 0 Å².